The summed E-state index contributed by atoms with van der Waals surface area (Å²) in [5.74, 6) is -0.813. The van der Waals surface area contributed by atoms with Crippen LogP contribution < -0.4 is 0 Å². The number of halogens is 5. The lowest BCUT2D eigenvalue weighted by Gasteiger charge is -2.05. The van der Waals surface area contributed by atoms with E-state index >= 15 is 0 Å². The fraction of sp³-hybridized carbons (Fsp3) is 0.154. The quantitative estimate of drug-likeness (QED) is 0.195. The lowest BCUT2D eigenvalue weighted by molar-refractivity contribution is 0.453. The maximum atomic E-state index is 14.6. The summed E-state index contributed by atoms with van der Waals surface area (Å²) in [6, 6.07) is 6.93. The molecule has 0 radical (unpaired) electrons. The molecule has 0 amide bonds. The van der Waals surface area contributed by atoms with Gasteiger partial charge in [0.25, 0.3) is 0 Å². The Morgan fingerprint density at radius 1 is 0.788 bits per heavy atom. The van der Waals surface area contributed by atoms with Crippen molar-refractivity contribution >= 4 is 10.8 Å². The van der Waals surface area contributed by atoms with Gasteiger partial charge in [0.05, 0.1) is 5.56 Å². The number of aromatic nitrogens is 2. The molecule has 0 N–H and O–H groups in total. The molecule has 166 valence electrons. The van der Waals surface area contributed by atoms with E-state index in [-0.39, 0.29) is 27.7 Å². The number of nitrogens with zero attached hydrogens (tertiary/aromatic N) is 2. The second-order valence-electron chi connectivity index (χ2n) is 7.51. The van der Waals surface area contributed by atoms with Gasteiger partial charge < -0.3 is 0 Å². The average Bonchev–Trinajstić information content (AvgIpc) is 2.81. The largest absolute Gasteiger partial charge is 0.236 e. The van der Waals surface area contributed by atoms with Crippen LogP contribution in [0.2, 0.25) is 0 Å². The Bertz CT molecular complexity index is 1380. The first-order valence-corrected chi connectivity index (χ1v) is 10.3. The van der Waals surface area contributed by atoms with Gasteiger partial charge in [-0.2, -0.15) is 0 Å². The summed E-state index contributed by atoms with van der Waals surface area (Å²) in [7, 11) is 0. The molecule has 0 bridgehead atoms. The van der Waals surface area contributed by atoms with Crippen molar-refractivity contribution in [3.63, 3.8) is 0 Å². The average molecular weight is 452 g/mol. The van der Waals surface area contributed by atoms with Gasteiger partial charge in [-0.15, -0.1) is 0 Å². The molecule has 0 aliphatic rings. The van der Waals surface area contributed by atoms with E-state index in [4.69, 9.17) is 0 Å². The first-order chi connectivity index (χ1) is 15.9. The predicted octanol–water partition coefficient (Wildman–Crippen LogP) is 6.73. The highest BCUT2D eigenvalue weighted by molar-refractivity contribution is 5.84. The number of fused-ring (bicyclic) bond motifs is 1. The van der Waals surface area contributed by atoms with Crippen LogP contribution in [0.25, 0.3) is 22.2 Å². The van der Waals surface area contributed by atoms with Crippen molar-refractivity contribution in [2.75, 3.05) is 0 Å². The van der Waals surface area contributed by atoms with Gasteiger partial charge in [-0.1, -0.05) is 31.3 Å². The highest BCUT2D eigenvalue weighted by Gasteiger charge is 2.14. The summed E-state index contributed by atoms with van der Waals surface area (Å²) in [4.78, 5) is 8.38. The zero-order valence-corrected chi connectivity index (χ0v) is 17.5. The van der Waals surface area contributed by atoms with Gasteiger partial charge in [0.2, 0.25) is 0 Å². The summed E-state index contributed by atoms with van der Waals surface area (Å²) in [6.07, 6.45) is 6.14. The lowest BCUT2D eigenvalue weighted by atomic mass is 10.1. The molecule has 0 saturated carbocycles. The van der Waals surface area contributed by atoms with E-state index in [1.54, 1.807) is 12.4 Å². The Hall–Kier alpha value is -3.79. The molecule has 1 heterocycles. The zero-order valence-electron chi connectivity index (χ0n) is 17.5. The molecule has 0 fully saturated rings. The third kappa shape index (κ3) is 4.70. The van der Waals surface area contributed by atoms with E-state index in [0.717, 1.165) is 43.0 Å². The van der Waals surface area contributed by atoms with Crippen LogP contribution in [-0.2, 0) is 6.42 Å². The smallest absolute Gasteiger partial charge is 0.195 e. The van der Waals surface area contributed by atoms with Crippen molar-refractivity contribution in [1.29, 1.82) is 0 Å². The standard InChI is InChI=1S/C26H17F5N2/c1-2-3-4-16-13-32-26(33-14-16)18-11-21(27)20(22(28)12-18)8-6-15-5-7-19-17(9-15)10-23(29)25(31)24(19)30/h5,7,9-14H,2-4H2,1H3. The molecular formula is C26H17F5N2. The van der Waals surface area contributed by atoms with E-state index in [0.29, 0.717) is 0 Å². The summed E-state index contributed by atoms with van der Waals surface area (Å²) in [5.41, 5.74) is 0.912. The van der Waals surface area contributed by atoms with Crippen LogP contribution in [0.1, 0.15) is 36.5 Å². The number of aryl methyl sites for hydroxylation is 1. The SMILES string of the molecule is CCCCc1cnc(-c2cc(F)c(C#Cc3ccc4c(F)c(F)c(F)cc4c3)c(F)c2)nc1. The van der Waals surface area contributed by atoms with Crippen molar-refractivity contribution in [3.05, 3.63) is 94.6 Å². The zero-order chi connectivity index (χ0) is 23.5. The van der Waals surface area contributed by atoms with Gasteiger partial charge in [0.1, 0.15) is 11.6 Å². The van der Waals surface area contributed by atoms with Gasteiger partial charge >= 0.3 is 0 Å². The lowest BCUT2D eigenvalue weighted by Crippen LogP contribution is -1.97. The van der Waals surface area contributed by atoms with Crippen LogP contribution >= 0.6 is 0 Å². The molecule has 0 atom stereocenters. The maximum absolute atomic E-state index is 14.6. The van der Waals surface area contributed by atoms with Crippen LogP contribution in [0.4, 0.5) is 22.0 Å². The normalized spacial score (nSPS) is 10.8. The minimum atomic E-state index is -1.56. The number of unbranched alkanes of at least 4 members (excludes halogenated alkanes) is 1. The van der Waals surface area contributed by atoms with Crippen molar-refractivity contribution in [2.45, 2.75) is 26.2 Å². The molecule has 0 aliphatic carbocycles. The Morgan fingerprint density at radius 2 is 1.48 bits per heavy atom. The first kappa shape index (κ1) is 22.4. The van der Waals surface area contributed by atoms with Crippen LogP contribution in [0.3, 0.4) is 0 Å². The summed E-state index contributed by atoms with van der Waals surface area (Å²) in [6.45, 7) is 2.08. The fourth-order valence-corrected chi connectivity index (χ4v) is 3.35. The van der Waals surface area contributed by atoms with Crippen LogP contribution in [0.5, 0.6) is 0 Å². The molecule has 1 aromatic heterocycles. The molecule has 2 nitrogen and oxygen atoms in total. The predicted molar refractivity (Wildman–Crippen MR) is 116 cm³/mol. The molecule has 4 rings (SSSR count). The second-order valence-corrected chi connectivity index (χ2v) is 7.51. The van der Waals surface area contributed by atoms with Crippen molar-refractivity contribution < 1.29 is 22.0 Å². The molecule has 33 heavy (non-hydrogen) atoms. The van der Waals surface area contributed by atoms with Crippen molar-refractivity contribution in [3.8, 4) is 23.2 Å². The minimum absolute atomic E-state index is 0.0778. The molecule has 4 aromatic rings. The third-order valence-corrected chi connectivity index (χ3v) is 5.13. The topological polar surface area (TPSA) is 25.8 Å². The monoisotopic (exact) mass is 452 g/mol. The number of rotatable bonds is 4. The Kier molecular flexibility index (Phi) is 6.36. The Labute approximate surface area is 187 Å². The molecule has 0 unspecified atom stereocenters. The number of benzene rings is 3. The van der Waals surface area contributed by atoms with Gasteiger partial charge in [0.15, 0.2) is 23.3 Å². The molecule has 0 spiro atoms. The van der Waals surface area contributed by atoms with E-state index in [1.807, 2.05) is 0 Å². The first-order valence-electron chi connectivity index (χ1n) is 10.3. The van der Waals surface area contributed by atoms with Crippen LogP contribution in [0, 0.1) is 40.9 Å². The van der Waals surface area contributed by atoms with Crippen molar-refractivity contribution in [1.82, 2.24) is 9.97 Å². The van der Waals surface area contributed by atoms with Gasteiger partial charge in [0, 0.05) is 28.9 Å². The summed E-state index contributed by atoms with van der Waals surface area (Å²) < 4.78 is 69.9. The summed E-state index contributed by atoms with van der Waals surface area (Å²) >= 11 is 0. The molecule has 0 aliphatic heterocycles. The van der Waals surface area contributed by atoms with Crippen LogP contribution in [0.15, 0.2) is 48.8 Å². The molecular weight excluding hydrogens is 435 g/mol. The highest BCUT2D eigenvalue weighted by atomic mass is 19.2. The van der Waals surface area contributed by atoms with E-state index in [1.165, 1.54) is 18.2 Å². The third-order valence-electron chi connectivity index (χ3n) is 5.13. The molecule has 3 aromatic carbocycles. The van der Waals surface area contributed by atoms with Crippen molar-refractivity contribution in [2.24, 2.45) is 0 Å². The van der Waals surface area contributed by atoms with Gasteiger partial charge in [-0.25, -0.2) is 31.9 Å². The molecule has 0 saturated heterocycles. The Balaban J connectivity index is 1.63. The Morgan fingerprint density at radius 3 is 2.15 bits per heavy atom. The minimum Gasteiger partial charge on any atom is -0.236 e. The van der Waals surface area contributed by atoms with E-state index < -0.39 is 34.6 Å². The summed E-state index contributed by atoms with van der Waals surface area (Å²) in [5, 5.41) is -0.0455. The highest BCUT2D eigenvalue weighted by Crippen LogP contribution is 2.25. The van der Waals surface area contributed by atoms with Crippen LogP contribution in [-0.4, -0.2) is 9.97 Å². The second kappa shape index (κ2) is 9.37. The van der Waals surface area contributed by atoms with Gasteiger partial charge in [-0.3, -0.25) is 0 Å². The molecule has 7 heteroatoms. The van der Waals surface area contributed by atoms with E-state index in [9.17, 15) is 22.0 Å². The maximum Gasteiger partial charge on any atom is 0.195 e. The fourth-order valence-electron chi connectivity index (χ4n) is 3.35. The number of hydrogen-bond donors (Lipinski definition) is 0. The van der Waals surface area contributed by atoms with E-state index in [2.05, 4.69) is 28.7 Å². The number of hydrogen-bond acceptors (Lipinski definition) is 2. The van der Waals surface area contributed by atoms with Gasteiger partial charge in [-0.05, 0) is 54.1 Å².